The molecule has 0 bridgehead atoms. The Balaban J connectivity index is 2.41. The summed E-state index contributed by atoms with van der Waals surface area (Å²) in [6.45, 7) is 2.11. The molecule has 1 nitrogen and oxygen atoms in total. The second kappa shape index (κ2) is 5.40. The molecule has 0 aliphatic carbocycles. The zero-order valence-corrected chi connectivity index (χ0v) is 9.11. The molecule has 1 rings (SSSR count). The highest BCUT2D eigenvalue weighted by Crippen LogP contribution is 2.19. The number of benzene rings is 1. The Hall–Kier alpha value is -0.340. The van der Waals surface area contributed by atoms with Crippen LogP contribution in [-0.4, -0.2) is 16.2 Å². The third-order valence-corrected chi connectivity index (χ3v) is 3.57. The molecule has 1 N–H and O–H groups in total. The Kier molecular flexibility index (Phi) is 4.46. The fraction of sp³-hybridized carbons (Fsp3) is 0.400. The van der Waals surface area contributed by atoms with Crippen molar-refractivity contribution in [3.05, 3.63) is 29.8 Å². The summed E-state index contributed by atoms with van der Waals surface area (Å²) < 4.78 is 0. The van der Waals surface area contributed by atoms with E-state index < -0.39 is 0 Å². The molecule has 0 saturated heterocycles. The molecule has 0 amide bonds. The summed E-state index contributed by atoms with van der Waals surface area (Å²) in [4.78, 5) is 0. The van der Waals surface area contributed by atoms with Crippen molar-refractivity contribution < 1.29 is 5.11 Å². The summed E-state index contributed by atoms with van der Waals surface area (Å²) in [5.74, 6) is 1.95. The topological polar surface area (TPSA) is 20.2 Å². The van der Waals surface area contributed by atoms with Crippen molar-refractivity contribution in [2.24, 2.45) is 0 Å². The van der Waals surface area contributed by atoms with Gasteiger partial charge in [0.05, 0.1) is 0 Å². The molecule has 0 radical (unpaired) electrons. The number of hydrogen-bond acceptors (Lipinski definition) is 2. The molecule has 3 heteroatoms. The Morgan fingerprint density at radius 3 is 2.54 bits per heavy atom. The summed E-state index contributed by atoms with van der Waals surface area (Å²) in [5.41, 5.74) is 1.22. The van der Waals surface area contributed by atoms with Crippen LogP contribution in [0.5, 0.6) is 5.75 Å². The van der Waals surface area contributed by atoms with E-state index in [4.69, 9.17) is 16.7 Å². The Bertz CT molecular complexity index is 248. The van der Waals surface area contributed by atoms with E-state index in [1.807, 2.05) is 23.9 Å². The van der Waals surface area contributed by atoms with Crippen LogP contribution in [0.3, 0.4) is 0 Å². The van der Waals surface area contributed by atoms with Crippen molar-refractivity contribution in [2.45, 2.75) is 17.9 Å². The van der Waals surface area contributed by atoms with Gasteiger partial charge in [0.1, 0.15) is 5.75 Å². The number of phenolic OH excluding ortho intramolecular Hbond substituents is 1. The lowest BCUT2D eigenvalue weighted by Crippen LogP contribution is -1.97. The molecule has 0 heterocycles. The lowest BCUT2D eigenvalue weighted by atomic mass is 10.2. The first-order chi connectivity index (χ1) is 6.22. The van der Waals surface area contributed by atoms with Gasteiger partial charge < -0.3 is 5.11 Å². The van der Waals surface area contributed by atoms with E-state index >= 15 is 0 Å². The number of thioether (sulfide) groups is 1. The molecule has 1 aromatic carbocycles. The lowest BCUT2D eigenvalue weighted by Gasteiger charge is -2.06. The fourth-order valence-corrected chi connectivity index (χ4v) is 1.90. The Morgan fingerprint density at radius 1 is 1.38 bits per heavy atom. The van der Waals surface area contributed by atoms with Crippen LogP contribution in [0.4, 0.5) is 0 Å². The van der Waals surface area contributed by atoms with Crippen molar-refractivity contribution >= 4 is 23.4 Å². The summed E-state index contributed by atoms with van der Waals surface area (Å²) in [6.07, 6.45) is 0. The zero-order valence-electron chi connectivity index (χ0n) is 7.53. The number of aromatic hydroxyl groups is 1. The molecule has 13 heavy (non-hydrogen) atoms. The van der Waals surface area contributed by atoms with Crippen molar-refractivity contribution in [3.8, 4) is 5.75 Å². The largest absolute Gasteiger partial charge is 0.508 e. The average molecular weight is 217 g/mol. The minimum absolute atomic E-state index is 0.319. The minimum Gasteiger partial charge on any atom is -0.508 e. The maximum Gasteiger partial charge on any atom is 0.115 e. The third kappa shape index (κ3) is 3.92. The second-order valence-corrected chi connectivity index (χ2v) is 4.68. The minimum atomic E-state index is 0.319. The quantitative estimate of drug-likeness (QED) is 0.780. The van der Waals surface area contributed by atoms with E-state index in [1.165, 1.54) is 5.56 Å². The van der Waals surface area contributed by atoms with E-state index in [0.29, 0.717) is 16.9 Å². The predicted molar refractivity (Wildman–Crippen MR) is 59.6 cm³/mol. The van der Waals surface area contributed by atoms with Gasteiger partial charge in [0.15, 0.2) is 0 Å². The van der Waals surface area contributed by atoms with Gasteiger partial charge in [0.25, 0.3) is 0 Å². The van der Waals surface area contributed by atoms with Crippen molar-refractivity contribution in [1.29, 1.82) is 0 Å². The number of alkyl halides is 1. The predicted octanol–water partition coefficient (Wildman–Crippen LogP) is 3.25. The zero-order chi connectivity index (χ0) is 9.68. The summed E-state index contributed by atoms with van der Waals surface area (Å²) in [5, 5.41) is 9.53. The fourth-order valence-electron chi connectivity index (χ4n) is 0.875. The summed E-state index contributed by atoms with van der Waals surface area (Å²) >= 11 is 7.50. The average Bonchev–Trinajstić information content (AvgIpc) is 2.16. The normalized spacial score (nSPS) is 12.8. The van der Waals surface area contributed by atoms with E-state index in [2.05, 4.69) is 6.92 Å². The van der Waals surface area contributed by atoms with Gasteiger partial charge in [-0.05, 0) is 17.7 Å². The van der Waals surface area contributed by atoms with Gasteiger partial charge in [-0.1, -0.05) is 19.1 Å². The van der Waals surface area contributed by atoms with Gasteiger partial charge in [-0.25, -0.2) is 0 Å². The van der Waals surface area contributed by atoms with Gasteiger partial charge in [0.2, 0.25) is 0 Å². The van der Waals surface area contributed by atoms with Gasteiger partial charge >= 0.3 is 0 Å². The van der Waals surface area contributed by atoms with Crippen LogP contribution in [0.1, 0.15) is 12.5 Å². The number of hydrogen-bond donors (Lipinski definition) is 1. The smallest absolute Gasteiger partial charge is 0.115 e. The summed E-state index contributed by atoms with van der Waals surface area (Å²) in [7, 11) is 0. The Labute approximate surface area is 88.1 Å². The monoisotopic (exact) mass is 216 g/mol. The molecule has 1 aromatic rings. The maximum atomic E-state index is 9.05. The van der Waals surface area contributed by atoms with Crippen LogP contribution in [0.25, 0.3) is 0 Å². The van der Waals surface area contributed by atoms with E-state index in [1.54, 1.807) is 12.1 Å². The lowest BCUT2D eigenvalue weighted by molar-refractivity contribution is 0.475. The standard InChI is InChI=1S/C10H13ClOS/c1-8(6-11)13-7-9-2-4-10(12)5-3-9/h2-5,8,12H,6-7H2,1H3. The number of phenols is 1. The highest BCUT2D eigenvalue weighted by atomic mass is 35.5. The van der Waals surface area contributed by atoms with Gasteiger partial charge in [-0.3, -0.25) is 0 Å². The first-order valence-electron chi connectivity index (χ1n) is 4.18. The maximum absolute atomic E-state index is 9.05. The van der Waals surface area contributed by atoms with Crippen LogP contribution in [0, 0.1) is 0 Å². The first kappa shape index (κ1) is 10.7. The molecule has 0 aliphatic rings. The van der Waals surface area contributed by atoms with Crippen LogP contribution < -0.4 is 0 Å². The highest BCUT2D eigenvalue weighted by molar-refractivity contribution is 7.99. The molecule has 0 saturated carbocycles. The van der Waals surface area contributed by atoms with E-state index in [0.717, 1.165) is 5.75 Å². The summed E-state index contributed by atoms with van der Waals surface area (Å²) in [6, 6.07) is 7.29. The molecule has 1 atom stereocenters. The van der Waals surface area contributed by atoms with Gasteiger partial charge in [-0.15, -0.1) is 11.6 Å². The third-order valence-electron chi connectivity index (χ3n) is 1.69. The molecular formula is C10H13ClOS. The van der Waals surface area contributed by atoms with Crippen LogP contribution in [-0.2, 0) is 5.75 Å². The van der Waals surface area contributed by atoms with E-state index in [-0.39, 0.29) is 0 Å². The highest BCUT2D eigenvalue weighted by Gasteiger charge is 2.00. The van der Waals surface area contributed by atoms with Crippen molar-refractivity contribution in [2.75, 3.05) is 5.88 Å². The van der Waals surface area contributed by atoms with Gasteiger partial charge in [0, 0.05) is 16.9 Å². The molecule has 72 valence electrons. The van der Waals surface area contributed by atoms with Crippen LogP contribution in [0.15, 0.2) is 24.3 Å². The molecule has 0 aliphatic heterocycles. The first-order valence-corrected chi connectivity index (χ1v) is 5.76. The van der Waals surface area contributed by atoms with Crippen molar-refractivity contribution in [1.82, 2.24) is 0 Å². The molecule has 0 spiro atoms. The number of rotatable bonds is 4. The van der Waals surface area contributed by atoms with Crippen molar-refractivity contribution in [3.63, 3.8) is 0 Å². The van der Waals surface area contributed by atoms with Gasteiger partial charge in [-0.2, -0.15) is 11.8 Å². The number of halogens is 1. The van der Waals surface area contributed by atoms with Crippen LogP contribution >= 0.6 is 23.4 Å². The second-order valence-electron chi connectivity index (χ2n) is 2.94. The Morgan fingerprint density at radius 2 is 2.00 bits per heavy atom. The van der Waals surface area contributed by atoms with Crippen LogP contribution in [0.2, 0.25) is 0 Å². The SMILES string of the molecule is CC(CCl)SCc1ccc(O)cc1. The molecular weight excluding hydrogens is 204 g/mol. The molecule has 0 aromatic heterocycles. The molecule has 1 unspecified atom stereocenters. The molecule has 0 fully saturated rings. The van der Waals surface area contributed by atoms with E-state index in [9.17, 15) is 0 Å².